The van der Waals surface area contributed by atoms with Gasteiger partial charge in [0, 0.05) is 32.7 Å². The van der Waals surface area contributed by atoms with Crippen molar-refractivity contribution < 1.29 is 13.9 Å². The quantitative estimate of drug-likeness (QED) is 0.665. The fourth-order valence-electron chi connectivity index (χ4n) is 4.61. The van der Waals surface area contributed by atoms with Crippen molar-refractivity contribution in [1.29, 1.82) is 0 Å². The van der Waals surface area contributed by atoms with Crippen molar-refractivity contribution in [2.45, 2.75) is 44.8 Å². The minimum Gasteiger partial charge on any atom is -0.442 e. The molecule has 1 aromatic carbocycles. The maximum atomic E-state index is 13.4. The Morgan fingerprint density at radius 3 is 2.73 bits per heavy atom. The van der Waals surface area contributed by atoms with Crippen LogP contribution in [-0.2, 0) is 37.6 Å². The van der Waals surface area contributed by atoms with Gasteiger partial charge in [0.15, 0.2) is 6.10 Å². The van der Waals surface area contributed by atoms with E-state index in [9.17, 15) is 4.79 Å². The van der Waals surface area contributed by atoms with Gasteiger partial charge in [-0.1, -0.05) is 30.3 Å². The lowest BCUT2D eigenvalue weighted by Crippen LogP contribution is -2.37. The molecule has 1 unspecified atom stereocenters. The van der Waals surface area contributed by atoms with E-state index < -0.39 is 0 Å². The van der Waals surface area contributed by atoms with E-state index in [-0.39, 0.29) is 12.0 Å². The van der Waals surface area contributed by atoms with Crippen LogP contribution in [0.25, 0.3) is 0 Å². The van der Waals surface area contributed by atoms with Gasteiger partial charge < -0.3 is 14.1 Å². The van der Waals surface area contributed by atoms with Crippen LogP contribution >= 0.6 is 0 Å². The molecule has 2 aliphatic rings. The monoisotopic (exact) mass is 406 g/mol. The summed E-state index contributed by atoms with van der Waals surface area (Å²) in [6.07, 6.45) is 4.46. The Kier molecular flexibility index (Phi) is 4.90. The molecule has 1 amide bonds. The summed E-state index contributed by atoms with van der Waals surface area (Å²) in [6, 6.07) is 9.91. The summed E-state index contributed by atoms with van der Waals surface area (Å²) < 4.78 is 13.5. The number of aryl methyl sites for hydroxylation is 2. The van der Waals surface area contributed by atoms with Gasteiger partial charge >= 0.3 is 0 Å². The van der Waals surface area contributed by atoms with Crippen LogP contribution in [0.1, 0.15) is 63.6 Å². The maximum absolute atomic E-state index is 13.4. The summed E-state index contributed by atoms with van der Waals surface area (Å²) in [5.41, 5.74) is 4.76. The summed E-state index contributed by atoms with van der Waals surface area (Å²) in [4.78, 5) is 19.9. The summed E-state index contributed by atoms with van der Waals surface area (Å²) in [6.45, 7) is 1.06. The largest absolute Gasteiger partial charge is 0.442 e. The number of methoxy groups -OCH3 is 1. The predicted octanol–water partition coefficient (Wildman–Crippen LogP) is 3.22. The van der Waals surface area contributed by atoms with Gasteiger partial charge in [0.05, 0.1) is 12.2 Å². The van der Waals surface area contributed by atoms with Crippen molar-refractivity contribution in [3.63, 3.8) is 0 Å². The van der Waals surface area contributed by atoms with Crippen molar-refractivity contribution in [3.05, 3.63) is 70.2 Å². The molecule has 156 valence electrons. The molecule has 3 heterocycles. The van der Waals surface area contributed by atoms with Gasteiger partial charge in [-0.25, -0.2) is 4.98 Å². The lowest BCUT2D eigenvalue weighted by Gasteiger charge is -2.26. The number of rotatable bonds is 4. The third kappa shape index (κ3) is 3.23. The Hall–Kier alpha value is -2.93. The van der Waals surface area contributed by atoms with E-state index in [2.05, 4.69) is 5.10 Å². The molecule has 1 aliphatic heterocycles. The van der Waals surface area contributed by atoms with E-state index in [1.165, 1.54) is 0 Å². The smallest absolute Gasteiger partial charge is 0.272 e. The van der Waals surface area contributed by atoms with Gasteiger partial charge in [0.1, 0.15) is 17.1 Å². The van der Waals surface area contributed by atoms with Crippen LogP contribution in [0.5, 0.6) is 0 Å². The zero-order valence-electron chi connectivity index (χ0n) is 17.4. The normalized spacial score (nSPS) is 16.8. The summed E-state index contributed by atoms with van der Waals surface area (Å²) in [5.74, 6) is 1.43. The van der Waals surface area contributed by atoms with E-state index >= 15 is 0 Å². The van der Waals surface area contributed by atoms with E-state index in [1.807, 2.05) is 42.3 Å². The number of benzene rings is 1. The zero-order valence-corrected chi connectivity index (χ0v) is 17.4. The third-order valence-electron chi connectivity index (χ3n) is 6.12. The Morgan fingerprint density at radius 1 is 1.13 bits per heavy atom. The molecule has 0 fully saturated rings. The van der Waals surface area contributed by atoms with Crippen molar-refractivity contribution in [2.24, 2.45) is 7.05 Å². The van der Waals surface area contributed by atoms with Crippen LogP contribution in [-0.4, -0.2) is 39.2 Å². The van der Waals surface area contributed by atoms with Crippen LogP contribution < -0.4 is 0 Å². The second kappa shape index (κ2) is 7.72. The van der Waals surface area contributed by atoms with Gasteiger partial charge in [-0.3, -0.25) is 9.48 Å². The van der Waals surface area contributed by atoms with Crippen molar-refractivity contribution in [3.8, 4) is 0 Å². The number of oxazole rings is 1. The van der Waals surface area contributed by atoms with Crippen LogP contribution in [0.3, 0.4) is 0 Å². The van der Waals surface area contributed by atoms with Gasteiger partial charge in [0.2, 0.25) is 5.89 Å². The highest BCUT2D eigenvalue weighted by atomic mass is 16.5. The molecule has 30 heavy (non-hydrogen) atoms. The van der Waals surface area contributed by atoms with Crippen LogP contribution in [0.2, 0.25) is 0 Å². The molecule has 7 nitrogen and oxygen atoms in total. The second-order valence-corrected chi connectivity index (χ2v) is 8.03. The first-order valence-corrected chi connectivity index (χ1v) is 10.6. The molecule has 5 rings (SSSR count). The maximum Gasteiger partial charge on any atom is 0.272 e. The molecule has 2 aromatic heterocycles. The Morgan fingerprint density at radius 2 is 1.93 bits per heavy atom. The van der Waals surface area contributed by atoms with Gasteiger partial charge in [-0.15, -0.1) is 0 Å². The van der Waals surface area contributed by atoms with Crippen molar-refractivity contribution in [1.82, 2.24) is 19.7 Å². The predicted molar refractivity (Wildman–Crippen MR) is 110 cm³/mol. The van der Waals surface area contributed by atoms with Gasteiger partial charge in [-0.05, 0) is 31.2 Å². The first-order chi connectivity index (χ1) is 14.7. The first kappa shape index (κ1) is 19.1. The minimum absolute atomic E-state index is 0.0368. The molecule has 7 heteroatoms. The van der Waals surface area contributed by atoms with Crippen LogP contribution in [0.4, 0.5) is 0 Å². The molecule has 0 radical (unpaired) electrons. The molecule has 1 atom stereocenters. The highest BCUT2D eigenvalue weighted by Crippen LogP contribution is 2.30. The average Bonchev–Trinajstić information content (AvgIpc) is 3.34. The van der Waals surface area contributed by atoms with Crippen molar-refractivity contribution in [2.75, 3.05) is 13.7 Å². The summed E-state index contributed by atoms with van der Waals surface area (Å²) in [5, 5.41) is 4.60. The van der Waals surface area contributed by atoms with E-state index in [0.717, 1.165) is 59.7 Å². The molecule has 3 aromatic rings. The van der Waals surface area contributed by atoms with E-state index in [0.29, 0.717) is 25.4 Å². The number of fused-ring (bicyclic) bond motifs is 2. The molecule has 0 saturated carbocycles. The molecule has 1 aliphatic carbocycles. The molecular weight excluding hydrogens is 380 g/mol. The molecule has 0 bridgehead atoms. The molecular formula is C23H26N4O3. The van der Waals surface area contributed by atoms with Crippen LogP contribution in [0, 0.1) is 0 Å². The number of hydrogen-bond donors (Lipinski definition) is 0. The SMILES string of the molecule is COC(c1ccccc1)c1nc2c(o1)CCN(C(=O)c1c3c(nn1C)CCCC3)C2. The number of carbonyl (C=O) groups is 1. The lowest BCUT2D eigenvalue weighted by molar-refractivity contribution is 0.0714. The first-order valence-electron chi connectivity index (χ1n) is 10.6. The standard InChI is InChI=1S/C23H26N4O3/c1-26-20(16-10-6-7-11-17(16)25-26)23(28)27-13-12-19-18(14-27)24-22(30-19)21(29-2)15-8-4-3-5-9-15/h3-5,8-9,21H,6-7,10-14H2,1-2H3. The molecule has 0 N–H and O–H groups in total. The highest BCUT2D eigenvalue weighted by Gasteiger charge is 2.32. The number of aromatic nitrogens is 3. The summed E-state index contributed by atoms with van der Waals surface area (Å²) >= 11 is 0. The van der Waals surface area contributed by atoms with E-state index in [1.54, 1.807) is 11.8 Å². The topological polar surface area (TPSA) is 73.4 Å². The number of carbonyl (C=O) groups excluding carboxylic acids is 1. The second-order valence-electron chi connectivity index (χ2n) is 8.03. The number of nitrogens with zero attached hydrogens (tertiary/aromatic N) is 4. The van der Waals surface area contributed by atoms with Crippen molar-refractivity contribution >= 4 is 5.91 Å². The third-order valence-corrected chi connectivity index (χ3v) is 6.12. The summed E-state index contributed by atoms with van der Waals surface area (Å²) in [7, 11) is 3.53. The number of ether oxygens (including phenoxy) is 1. The van der Waals surface area contributed by atoms with Gasteiger partial charge in [-0.2, -0.15) is 5.10 Å². The minimum atomic E-state index is -0.356. The Labute approximate surface area is 175 Å². The number of hydrogen-bond acceptors (Lipinski definition) is 5. The van der Waals surface area contributed by atoms with Gasteiger partial charge in [0.25, 0.3) is 5.91 Å². The van der Waals surface area contributed by atoms with E-state index in [4.69, 9.17) is 14.1 Å². The molecule has 0 saturated heterocycles. The van der Waals surface area contributed by atoms with Crippen LogP contribution in [0.15, 0.2) is 34.7 Å². The number of amides is 1. The Balaban J connectivity index is 1.40. The fourth-order valence-corrected chi connectivity index (χ4v) is 4.61. The average molecular weight is 406 g/mol. The zero-order chi connectivity index (χ0) is 20.7. The molecule has 0 spiro atoms. The fraction of sp³-hybridized carbons (Fsp3) is 0.435. The lowest BCUT2D eigenvalue weighted by atomic mass is 9.95. The highest BCUT2D eigenvalue weighted by molar-refractivity contribution is 5.94. The Bertz CT molecular complexity index is 1070.